The highest BCUT2D eigenvalue weighted by Crippen LogP contribution is 2.29. The number of carboxylic acid groups (broad SMARTS) is 1. The molecule has 0 aromatic heterocycles. The average Bonchev–Trinajstić information content (AvgIpc) is 2.32. The van der Waals surface area contributed by atoms with Gasteiger partial charge in [-0.2, -0.15) is 0 Å². The van der Waals surface area contributed by atoms with E-state index in [2.05, 4.69) is 13.8 Å². The van der Waals surface area contributed by atoms with Crippen LogP contribution in [0.15, 0.2) is 18.2 Å². The summed E-state index contributed by atoms with van der Waals surface area (Å²) >= 11 is 0. The minimum Gasteiger partial charge on any atom is -0.478 e. The van der Waals surface area contributed by atoms with Crippen molar-refractivity contribution in [3.8, 4) is 0 Å². The molecule has 0 spiro atoms. The highest BCUT2D eigenvalue weighted by atomic mass is 19.1. The van der Waals surface area contributed by atoms with Crippen LogP contribution in [0.25, 0.3) is 0 Å². The molecular weight excluding hydrogens is 233 g/mol. The van der Waals surface area contributed by atoms with Crippen LogP contribution < -0.4 is 4.90 Å². The summed E-state index contributed by atoms with van der Waals surface area (Å²) in [6, 6.07) is 4.13. The molecule has 1 aliphatic heterocycles. The summed E-state index contributed by atoms with van der Waals surface area (Å²) in [6.45, 7) is 6.03. The molecule has 1 aromatic rings. The van der Waals surface area contributed by atoms with E-state index in [9.17, 15) is 9.18 Å². The van der Waals surface area contributed by atoms with Gasteiger partial charge in [-0.05, 0) is 36.5 Å². The lowest BCUT2D eigenvalue weighted by Crippen LogP contribution is -2.38. The van der Waals surface area contributed by atoms with Gasteiger partial charge in [-0.25, -0.2) is 9.18 Å². The molecule has 0 saturated carbocycles. The van der Waals surface area contributed by atoms with Crippen LogP contribution in [0, 0.1) is 17.7 Å². The fourth-order valence-corrected chi connectivity index (χ4v) is 2.38. The smallest absolute Gasteiger partial charge is 0.335 e. The van der Waals surface area contributed by atoms with Crippen molar-refractivity contribution in [3.63, 3.8) is 0 Å². The van der Waals surface area contributed by atoms with Crippen molar-refractivity contribution in [2.24, 2.45) is 11.8 Å². The highest BCUT2D eigenvalue weighted by Gasteiger charge is 2.24. The lowest BCUT2D eigenvalue weighted by molar-refractivity contribution is 0.0696. The molecule has 3 nitrogen and oxygen atoms in total. The van der Waals surface area contributed by atoms with Crippen LogP contribution >= 0.6 is 0 Å². The van der Waals surface area contributed by atoms with Gasteiger partial charge in [0.25, 0.3) is 0 Å². The summed E-state index contributed by atoms with van der Waals surface area (Å²) in [6.07, 6.45) is 1.04. The predicted octanol–water partition coefficient (Wildman–Crippen LogP) is 3.01. The maximum atomic E-state index is 13.9. The first kappa shape index (κ1) is 12.9. The van der Waals surface area contributed by atoms with Gasteiger partial charge in [0.2, 0.25) is 0 Å². The number of piperidine rings is 1. The van der Waals surface area contributed by atoms with Gasteiger partial charge >= 0.3 is 5.97 Å². The molecule has 2 atom stereocenters. The summed E-state index contributed by atoms with van der Waals surface area (Å²) in [5.74, 6) is -0.363. The first-order valence-corrected chi connectivity index (χ1v) is 6.27. The van der Waals surface area contributed by atoms with E-state index in [1.807, 2.05) is 4.90 Å². The van der Waals surface area contributed by atoms with Crippen molar-refractivity contribution >= 4 is 11.7 Å². The number of nitrogens with zero attached hydrogens (tertiary/aromatic N) is 1. The molecule has 1 fully saturated rings. The molecular formula is C14H18FNO2. The van der Waals surface area contributed by atoms with E-state index in [4.69, 9.17) is 5.11 Å². The number of hydrogen-bond donors (Lipinski definition) is 1. The van der Waals surface area contributed by atoms with Crippen LogP contribution in [0.2, 0.25) is 0 Å². The minimum absolute atomic E-state index is 0.00493. The lowest BCUT2D eigenvalue weighted by atomic mass is 9.88. The summed E-state index contributed by atoms with van der Waals surface area (Å²) in [5.41, 5.74) is 0.508. The molecule has 0 amide bonds. The van der Waals surface area contributed by atoms with Gasteiger partial charge in [0.15, 0.2) is 0 Å². The first-order valence-electron chi connectivity index (χ1n) is 6.27. The maximum Gasteiger partial charge on any atom is 0.335 e. The average molecular weight is 251 g/mol. The van der Waals surface area contributed by atoms with Crippen molar-refractivity contribution in [1.29, 1.82) is 0 Å². The van der Waals surface area contributed by atoms with Crippen molar-refractivity contribution in [2.75, 3.05) is 18.0 Å². The largest absolute Gasteiger partial charge is 0.478 e. The Labute approximate surface area is 106 Å². The van der Waals surface area contributed by atoms with Crippen LogP contribution in [0.4, 0.5) is 10.1 Å². The second-order valence-corrected chi connectivity index (χ2v) is 5.16. The normalized spacial score (nSPS) is 24.1. The van der Waals surface area contributed by atoms with Crippen LogP contribution in [-0.2, 0) is 0 Å². The standard InChI is InChI=1S/C14H18FNO2/c1-9-5-6-16(8-10(9)2)13-4-3-11(14(17)18)7-12(13)15/h3-4,7,9-10H,5-6,8H2,1-2H3,(H,17,18). The first-order chi connectivity index (χ1) is 8.49. The Hall–Kier alpha value is -1.58. The third kappa shape index (κ3) is 2.47. The Morgan fingerprint density at radius 1 is 1.39 bits per heavy atom. The van der Waals surface area contributed by atoms with Crippen LogP contribution in [-0.4, -0.2) is 24.2 Å². The third-order valence-corrected chi connectivity index (χ3v) is 3.87. The number of aromatic carboxylic acids is 1. The van der Waals surface area contributed by atoms with Gasteiger partial charge in [-0.3, -0.25) is 0 Å². The highest BCUT2D eigenvalue weighted by molar-refractivity contribution is 5.88. The summed E-state index contributed by atoms with van der Waals surface area (Å²) < 4.78 is 13.9. The van der Waals surface area contributed by atoms with E-state index >= 15 is 0 Å². The van der Waals surface area contributed by atoms with Gasteiger partial charge < -0.3 is 10.0 Å². The Morgan fingerprint density at radius 2 is 2.11 bits per heavy atom. The number of benzene rings is 1. The zero-order valence-corrected chi connectivity index (χ0v) is 10.7. The maximum absolute atomic E-state index is 13.9. The van der Waals surface area contributed by atoms with Crippen molar-refractivity contribution in [3.05, 3.63) is 29.6 Å². The van der Waals surface area contributed by atoms with Crippen LogP contribution in [0.5, 0.6) is 0 Å². The lowest BCUT2D eigenvalue weighted by Gasteiger charge is -2.37. The topological polar surface area (TPSA) is 40.5 Å². The molecule has 1 aliphatic rings. The molecule has 2 unspecified atom stereocenters. The van der Waals surface area contributed by atoms with E-state index < -0.39 is 11.8 Å². The van der Waals surface area contributed by atoms with Crippen LogP contribution in [0.3, 0.4) is 0 Å². The molecule has 4 heteroatoms. The van der Waals surface area contributed by atoms with Crippen molar-refractivity contribution in [2.45, 2.75) is 20.3 Å². The fourth-order valence-electron chi connectivity index (χ4n) is 2.38. The second kappa shape index (κ2) is 4.96. The molecule has 0 bridgehead atoms. The molecule has 18 heavy (non-hydrogen) atoms. The Kier molecular flexibility index (Phi) is 3.55. The number of anilines is 1. The number of carboxylic acids is 1. The van der Waals surface area contributed by atoms with Crippen LogP contribution in [0.1, 0.15) is 30.6 Å². The number of hydrogen-bond acceptors (Lipinski definition) is 2. The van der Waals surface area contributed by atoms with E-state index in [0.29, 0.717) is 17.5 Å². The molecule has 2 rings (SSSR count). The minimum atomic E-state index is -1.10. The van der Waals surface area contributed by atoms with Crippen molar-refractivity contribution in [1.82, 2.24) is 0 Å². The molecule has 1 saturated heterocycles. The zero-order valence-electron chi connectivity index (χ0n) is 10.7. The Bertz CT molecular complexity index is 461. The van der Waals surface area contributed by atoms with E-state index in [0.717, 1.165) is 25.6 Å². The Morgan fingerprint density at radius 3 is 2.67 bits per heavy atom. The SMILES string of the molecule is CC1CCN(c2ccc(C(=O)O)cc2F)CC1C. The molecule has 98 valence electrons. The summed E-state index contributed by atoms with van der Waals surface area (Å²) in [7, 11) is 0. The molecule has 1 N–H and O–H groups in total. The number of rotatable bonds is 2. The van der Waals surface area contributed by atoms with Gasteiger partial charge in [-0.15, -0.1) is 0 Å². The molecule has 1 heterocycles. The molecule has 0 radical (unpaired) electrons. The second-order valence-electron chi connectivity index (χ2n) is 5.16. The fraction of sp³-hybridized carbons (Fsp3) is 0.500. The van der Waals surface area contributed by atoms with Gasteiger partial charge in [0.1, 0.15) is 5.82 Å². The monoisotopic (exact) mass is 251 g/mol. The van der Waals surface area contributed by atoms with Gasteiger partial charge in [0, 0.05) is 13.1 Å². The summed E-state index contributed by atoms with van der Waals surface area (Å²) in [5, 5.41) is 8.81. The number of carbonyl (C=O) groups is 1. The van der Waals surface area contributed by atoms with E-state index in [1.165, 1.54) is 6.07 Å². The number of halogens is 1. The molecule has 0 aliphatic carbocycles. The molecule has 1 aromatic carbocycles. The van der Waals surface area contributed by atoms with E-state index in [1.54, 1.807) is 6.07 Å². The zero-order chi connectivity index (χ0) is 13.3. The Balaban J connectivity index is 2.21. The van der Waals surface area contributed by atoms with Gasteiger partial charge in [-0.1, -0.05) is 13.8 Å². The summed E-state index contributed by atoms with van der Waals surface area (Å²) in [4.78, 5) is 12.8. The quantitative estimate of drug-likeness (QED) is 0.878. The third-order valence-electron chi connectivity index (χ3n) is 3.87. The predicted molar refractivity (Wildman–Crippen MR) is 68.5 cm³/mol. The van der Waals surface area contributed by atoms with Crippen molar-refractivity contribution < 1.29 is 14.3 Å². The van der Waals surface area contributed by atoms with E-state index in [-0.39, 0.29) is 5.56 Å². The van der Waals surface area contributed by atoms with Gasteiger partial charge in [0.05, 0.1) is 11.3 Å².